The third-order valence-corrected chi connectivity index (χ3v) is 5.14. The first-order valence-corrected chi connectivity index (χ1v) is 8.89. The fourth-order valence-electron chi connectivity index (χ4n) is 3.47. The predicted molar refractivity (Wildman–Crippen MR) is 97.9 cm³/mol. The van der Waals surface area contributed by atoms with Crippen molar-refractivity contribution in [1.29, 1.82) is 0 Å². The Hall–Kier alpha value is -2.28. The van der Waals surface area contributed by atoms with Crippen molar-refractivity contribution >= 4 is 11.8 Å². The molecule has 132 valence electrons. The minimum atomic E-state index is 0.531. The van der Waals surface area contributed by atoms with E-state index in [4.69, 9.17) is 0 Å². The standard InChI is InChI=1S/C18H25N7/c1-23(2)18-19-8-13(9-20-18)10-24(3)15-11-25(12-15)17-7-14-5-4-6-16(14)21-22-17/h7-9,15H,4-6,10-12H2,1-3H3. The fraction of sp³-hybridized carbons (Fsp3) is 0.556. The third kappa shape index (κ3) is 3.28. The summed E-state index contributed by atoms with van der Waals surface area (Å²) in [6.45, 7) is 2.86. The van der Waals surface area contributed by atoms with Crippen LogP contribution in [0.4, 0.5) is 11.8 Å². The lowest BCUT2D eigenvalue weighted by Gasteiger charge is -2.44. The molecule has 1 aliphatic heterocycles. The molecule has 0 atom stereocenters. The van der Waals surface area contributed by atoms with E-state index in [1.807, 2.05) is 31.4 Å². The van der Waals surface area contributed by atoms with Gasteiger partial charge in [-0.15, -0.1) is 5.10 Å². The van der Waals surface area contributed by atoms with Crippen LogP contribution in [0.5, 0.6) is 0 Å². The lowest BCUT2D eigenvalue weighted by Crippen LogP contribution is -2.58. The van der Waals surface area contributed by atoms with Gasteiger partial charge in [0.2, 0.25) is 5.95 Å². The number of hydrogen-bond donors (Lipinski definition) is 0. The molecule has 0 amide bonds. The van der Waals surface area contributed by atoms with E-state index >= 15 is 0 Å². The first-order valence-electron chi connectivity index (χ1n) is 8.89. The molecule has 0 unspecified atom stereocenters. The third-order valence-electron chi connectivity index (χ3n) is 5.14. The Morgan fingerprint density at radius 3 is 2.56 bits per heavy atom. The highest BCUT2D eigenvalue weighted by molar-refractivity contribution is 5.45. The summed E-state index contributed by atoms with van der Waals surface area (Å²) in [4.78, 5) is 15.4. The van der Waals surface area contributed by atoms with Crippen molar-refractivity contribution in [3.63, 3.8) is 0 Å². The summed E-state index contributed by atoms with van der Waals surface area (Å²) < 4.78 is 0. The molecule has 4 rings (SSSR count). The summed E-state index contributed by atoms with van der Waals surface area (Å²) in [5.74, 6) is 1.78. The van der Waals surface area contributed by atoms with Gasteiger partial charge in [-0.05, 0) is 37.9 Å². The molecule has 0 aromatic carbocycles. The van der Waals surface area contributed by atoms with Crippen LogP contribution >= 0.6 is 0 Å². The normalized spacial score (nSPS) is 16.9. The van der Waals surface area contributed by atoms with E-state index in [0.29, 0.717) is 6.04 Å². The van der Waals surface area contributed by atoms with Crippen molar-refractivity contribution < 1.29 is 0 Å². The molecule has 2 aromatic rings. The predicted octanol–water partition coefficient (Wildman–Crippen LogP) is 1.14. The van der Waals surface area contributed by atoms with Gasteiger partial charge in [-0.2, -0.15) is 5.10 Å². The van der Waals surface area contributed by atoms with Gasteiger partial charge < -0.3 is 9.80 Å². The summed E-state index contributed by atoms with van der Waals surface area (Å²) in [5.41, 5.74) is 3.72. The molecule has 0 radical (unpaired) electrons. The number of nitrogens with zero attached hydrogens (tertiary/aromatic N) is 7. The van der Waals surface area contributed by atoms with Crippen molar-refractivity contribution in [3.8, 4) is 0 Å². The Bertz CT molecular complexity index is 738. The Morgan fingerprint density at radius 2 is 1.84 bits per heavy atom. The molecule has 2 aliphatic rings. The fourth-order valence-corrected chi connectivity index (χ4v) is 3.47. The molecule has 2 aromatic heterocycles. The van der Waals surface area contributed by atoms with E-state index in [9.17, 15) is 0 Å². The Balaban J connectivity index is 1.32. The van der Waals surface area contributed by atoms with Gasteiger partial charge >= 0.3 is 0 Å². The monoisotopic (exact) mass is 339 g/mol. The maximum absolute atomic E-state index is 4.41. The van der Waals surface area contributed by atoms with Crippen molar-refractivity contribution in [2.75, 3.05) is 44.0 Å². The van der Waals surface area contributed by atoms with Crippen LogP contribution in [-0.4, -0.2) is 65.3 Å². The molecule has 7 nitrogen and oxygen atoms in total. The molecule has 1 aliphatic carbocycles. The summed E-state index contributed by atoms with van der Waals surface area (Å²) in [7, 11) is 6.06. The van der Waals surface area contributed by atoms with Crippen molar-refractivity contribution in [1.82, 2.24) is 25.1 Å². The minimum Gasteiger partial charge on any atom is -0.352 e. The lowest BCUT2D eigenvalue weighted by atomic mass is 10.1. The van der Waals surface area contributed by atoms with Gasteiger partial charge in [-0.1, -0.05) is 0 Å². The average molecular weight is 339 g/mol. The van der Waals surface area contributed by atoms with Gasteiger partial charge in [0.15, 0.2) is 5.82 Å². The van der Waals surface area contributed by atoms with Crippen LogP contribution in [0.15, 0.2) is 18.5 Å². The zero-order valence-electron chi connectivity index (χ0n) is 15.2. The Labute approximate surface area is 148 Å². The van der Waals surface area contributed by atoms with Gasteiger partial charge in [0, 0.05) is 57.7 Å². The topological polar surface area (TPSA) is 61.3 Å². The smallest absolute Gasteiger partial charge is 0.224 e. The first kappa shape index (κ1) is 16.2. The summed E-state index contributed by atoms with van der Waals surface area (Å²) in [6, 6.07) is 2.77. The molecule has 0 bridgehead atoms. The zero-order valence-corrected chi connectivity index (χ0v) is 15.2. The van der Waals surface area contributed by atoms with Crippen LogP contribution in [0.25, 0.3) is 0 Å². The van der Waals surface area contributed by atoms with E-state index in [0.717, 1.165) is 49.8 Å². The average Bonchev–Trinajstić information content (AvgIpc) is 3.01. The quantitative estimate of drug-likeness (QED) is 0.809. The lowest BCUT2D eigenvalue weighted by molar-refractivity contribution is 0.196. The first-order chi connectivity index (χ1) is 12.1. The summed E-state index contributed by atoms with van der Waals surface area (Å²) in [6.07, 6.45) is 7.29. The minimum absolute atomic E-state index is 0.531. The Morgan fingerprint density at radius 1 is 1.08 bits per heavy atom. The summed E-state index contributed by atoms with van der Waals surface area (Å²) >= 11 is 0. The number of anilines is 2. The zero-order chi connectivity index (χ0) is 17.4. The molecular weight excluding hydrogens is 314 g/mol. The highest BCUT2D eigenvalue weighted by Gasteiger charge is 2.31. The molecule has 0 saturated carbocycles. The molecule has 25 heavy (non-hydrogen) atoms. The van der Waals surface area contributed by atoms with E-state index in [1.54, 1.807) is 0 Å². The van der Waals surface area contributed by atoms with E-state index in [1.165, 1.54) is 17.7 Å². The number of aromatic nitrogens is 4. The van der Waals surface area contributed by atoms with Crippen LogP contribution in [0.1, 0.15) is 23.2 Å². The molecule has 0 spiro atoms. The molecule has 7 heteroatoms. The number of fused-ring (bicyclic) bond motifs is 1. The number of hydrogen-bond acceptors (Lipinski definition) is 7. The highest BCUT2D eigenvalue weighted by atomic mass is 15.4. The molecule has 0 N–H and O–H groups in total. The van der Waals surface area contributed by atoms with E-state index < -0.39 is 0 Å². The van der Waals surface area contributed by atoms with Gasteiger partial charge in [0.1, 0.15) is 0 Å². The van der Waals surface area contributed by atoms with E-state index in [2.05, 4.69) is 43.1 Å². The largest absolute Gasteiger partial charge is 0.352 e. The SMILES string of the molecule is CN(C)c1ncc(CN(C)C2CN(c3cc4c(nn3)CCC4)C2)cn1. The van der Waals surface area contributed by atoms with Crippen molar-refractivity contribution in [2.24, 2.45) is 0 Å². The second-order valence-electron chi connectivity index (χ2n) is 7.29. The Kier molecular flexibility index (Phi) is 4.25. The van der Waals surface area contributed by atoms with Gasteiger partial charge in [-0.3, -0.25) is 4.90 Å². The van der Waals surface area contributed by atoms with Gasteiger partial charge in [0.25, 0.3) is 0 Å². The van der Waals surface area contributed by atoms with Crippen LogP contribution in [-0.2, 0) is 19.4 Å². The summed E-state index contributed by atoms with van der Waals surface area (Å²) in [5, 5.41) is 8.81. The second kappa shape index (κ2) is 6.55. The van der Waals surface area contributed by atoms with Crippen LogP contribution in [0.2, 0.25) is 0 Å². The van der Waals surface area contributed by atoms with Gasteiger partial charge in [0.05, 0.1) is 5.69 Å². The molecule has 3 heterocycles. The van der Waals surface area contributed by atoms with Crippen molar-refractivity contribution in [2.45, 2.75) is 31.8 Å². The maximum Gasteiger partial charge on any atom is 0.224 e. The maximum atomic E-state index is 4.41. The highest BCUT2D eigenvalue weighted by Crippen LogP contribution is 2.26. The number of likely N-dealkylation sites (N-methyl/N-ethyl adjacent to an activating group) is 1. The van der Waals surface area contributed by atoms with Crippen molar-refractivity contribution in [3.05, 3.63) is 35.3 Å². The molecule has 1 fully saturated rings. The number of aryl methyl sites for hydroxylation is 2. The van der Waals surface area contributed by atoms with E-state index in [-0.39, 0.29) is 0 Å². The molecular formula is C18H25N7. The molecule has 1 saturated heterocycles. The van der Waals surface area contributed by atoms with Crippen LogP contribution in [0.3, 0.4) is 0 Å². The van der Waals surface area contributed by atoms with Crippen LogP contribution < -0.4 is 9.80 Å². The van der Waals surface area contributed by atoms with Crippen LogP contribution in [0, 0.1) is 0 Å². The number of rotatable bonds is 5. The van der Waals surface area contributed by atoms with Gasteiger partial charge in [-0.25, -0.2) is 9.97 Å². The second-order valence-corrected chi connectivity index (χ2v) is 7.29.